The van der Waals surface area contributed by atoms with Crippen LogP contribution in [0.15, 0.2) is 48.5 Å². The lowest BCUT2D eigenvalue weighted by Gasteiger charge is -2.24. The van der Waals surface area contributed by atoms with Crippen LogP contribution >= 0.6 is 0 Å². The van der Waals surface area contributed by atoms with Crippen LogP contribution in [-0.2, 0) is 0 Å². The van der Waals surface area contributed by atoms with Gasteiger partial charge in [0.05, 0.1) is 13.2 Å². The molecule has 2 heterocycles. The van der Waals surface area contributed by atoms with E-state index in [1.165, 1.54) is 91.2 Å². The lowest BCUT2D eigenvalue weighted by Crippen LogP contribution is -2.33. The van der Waals surface area contributed by atoms with E-state index in [-0.39, 0.29) is 0 Å². The summed E-state index contributed by atoms with van der Waals surface area (Å²) in [6, 6.07) is 16.9. The van der Waals surface area contributed by atoms with Gasteiger partial charge in [-0.25, -0.2) is 0 Å². The summed E-state index contributed by atoms with van der Waals surface area (Å²) in [6.07, 6.45) is 11.6. The number of rotatable bonds is 9. The molecule has 0 radical (unpaired) electrons. The van der Waals surface area contributed by atoms with Crippen LogP contribution in [0.1, 0.15) is 102 Å². The molecule has 7 rings (SSSR count). The molecule has 1 saturated carbocycles. The Morgan fingerprint density at radius 3 is 1.03 bits per heavy atom. The van der Waals surface area contributed by atoms with Crippen molar-refractivity contribution in [3.05, 3.63) is 93.0 Å². The van der Waals surface area contributed by atoms with Crippen LogP contribution in [0.25, 0.3) is 22.3 Å². The van der Waals surface area contributed by atoms with E-state index >= 15 is 0 Å². The zero-order valence-electron chi connectivity index (χ0n) is 36.8. The van der Waals surface area contributed by atoms with Crippen molar-refractivity contribution in [3.63, 3.8) is 0 Å². The third kappa shape index (κ3) is 12.5. The van der Waals surface area contributed by atoms with Crippen molar-refractivity contribution in [1.82, 2.24) is 10.6 Å². The Hall–Kier alpha value is -4.04. The Morgan fingerprint density at radius 1 is 0.448 bits per heavy atom. The van der Waals surface area contributed by atoms with E-state index < -0.39 is 0 Å². The maximum absolute atomic E-state index is 9.79. The Labute approximate surface area is 349 Å². The number of aryl methyl sites for hydroxylation is 8. The van der Waals surface area contributed by atoms with Crippen LogP contribution in [0, 0.1) is 73.1 Å². The van der Waals surface area contributed by atoms with Gasteiger partial charge in [-0.1, -0.05) is 19.3 Å². The number of nitrogens with one attached hydrogen (secondary N) is 2. The first kappa shape index (κ1) is 45.1. The molecule has 4 aromatic carbocycles. The van der Waals surface area contributed by atoms with E-state index in [0.717, 1.165) is 84.3 Å². The summed E-state index contributed by atoms with van der Waals surface area (Å²) < 4.78 is 12.6. The second kappa shape index (κ2) is 21.8. The van der Waals surface area contributed by atoms with Crippen LogP contribution in [0.3, 0.4) is 0 Å². The van der Waals surface area contributed by atoms with Gasteiger partial charge in [0.2, 0.25) is 0 Å². The summed E-state index contributed by atoms with van der Waals surface area (Å²) in [5.41, 5.74) is 13.0. The summed E-state index contributed by atoms with van der Waals surface area (Å²) in [6.45, 7) is 22.7. The highest BCUT2D eigenvalue weighted by Crippen LogP contribution is 2.36. The predicted octanol–water partition coefficient (Wildman–Crippen LogP) is 10.9. The van der Waals surface area contributed by atoms with Crippen LogP contribution in [0.4, 0.5) is 0 Å². The number of aliphatic hydroxyl groups is 1. The standard InChI is InChI=1S/C28H40N2O2.C16H18O2.C7H14O/c1-19-11-25(12-20(2)27(19)31-17-23-7-5-9-29-15-23)26-13-21(3)28(22(4)14-26)32-18-24-8-6-10-30-16-24;1-9-5-13(6-10(2)15(9)17)14-7-11(3)16(18)12(4)8-14;8-6-7-4-2-1-3-5-7/h11-14,23-24,29-30H,5-10,15-18H2,1-4H3;5-8,17-18H,1-4H3;7-8H,1-6H2. The van der Waals surface area contributed by atoms with Crippen molar-refractivity contribution >= 4 is 0 Å². The molecule has 4 aromatic rings. The number of aromatic hydroxyl groups is 2. The van der Waals surface area contributed by atoms with E-state index in [2.05, 4.69) is 62.6 Å². The molecule has 316 valence electrons. The zero-order chi connectivity index (χ0) is 41.8. The smallest absolute Gasteiger partial charge is 0.125 e. The van der Waals surface area contributed by atoms with E-state index in [1.54, 1.807) is 0 Å². The van der Waals surface area contributed by atoms with E-state index in [4.69, 9.17) is 14.6 Å². The third-order valence-electron chi connectivity index (χ3n) is 12.3. The van der Waals surface area contributed by atoms with Crippen molar-refractivity contribution in [3.8, 4) is 45.3 Å². The summed E-state index contributed by atoms with van der Waals surface area (Å²) in [7, 11) is 0. The molecular weight excluding hydrogens is 721 g/mol. The van der Waals surface area contributed by atoms with Crippen LogP contribution in [0.2, 0.25) is 0 Å². The van der Waals surface area contributed by atoms with Crippen LogP contribution in [0.5, 0.6) is 23.0 Å². The maximum atomic E-state index is 9.79. The Bertz CT molecular complexity index is 1710. The van der Waals surface area contributed by atoms with Crippen molar-refractivity contribution < 1.29 is 24.8 Å². The van der Waals surface area contributed by atoms with Gasteiger partial charge in [-0.2, -0.15) is 0 Å². The predicted molar refractivity (Wildman–Crippen MR) is 241 cm³/mol. The SMILES string of the molecule is Cc1cc(-c2cc(C)c(O)c(C)c2)cc(C)c1O.Cc1cc(-c2cc(C)c(OCC3CCCNC3)c(C)c2)cc(C)c1OCC1CCCNC1.OCC1CCCCC1. The fraction of sp³-hybridized carbons (Fsp3) is 0.529. The van der Waals surface area contributed by atoms with Gasteiger partial charge < -0.3 is 35.4 Å². The fourth-order valence-electron chi connectivity index (χ4n) is 8.84. The van der Waals surface area contributed by atoms with E-state index in [9.17, 15) is 10.2 Å². The van der Waals surface area contributed by atoms with Crippen molar-refractivity contribution in [2.24, 2.45) is 17.8 Å². The summed E-state index contributed by atoms with van der Waals surface area (Å²) in [4.78, 5) is 0. The minimum atomic E-state index is 0.353. The maximum Gasteiger partial charge on any atom is 0.125 e. The van der Waals surface area contributed by atoms with Gasteiger partial charge in [-0.3, -0.25) is 0 Å². The molecule has 1 aliphatic carbocycles. The molecule has 0 aromatic heterocycles. The molecule has 2 saturated heterocycles. The number of ether oxygens (including phenoxy) is 2. The van der Waals surface area contributed by atoms with Gasteiger partial charge >= 0.3 is 0 Å². The molecule has 0 spiro atoms. The molecule has 3 aliphatic rings. The zero-order valence-corrected chi connectivity index (χ0v) is 36.8. The molecule has 0 bridgehead atoms. The van der Waals surface area contributed by atoms with E-state index in [0.29, 0.717) is 35.9 Å². The van der Waals surface area contributed by atoms with Gasteiger partial charge in [0.1, 0.15) is 23.0 Å². The first-order chi connectivity index (χ1) is 27.8. The lowest BCUT2D eigenvalue weighted by molar-refractivity contribution is 0.190. The van der Waals surface area contributed by atoms with E-state index in [1.807, 2.05) is 52.0 Å². The first-order valence-electron chi connectivity index (χ1n) is 22.0. The lowest BCUT2D eigenvalue weighted by atomic mass is 9.90. The summed E-state index contributed by atoms with van der Waals surface area (Å²) in [5, 5.41) is 35.2. The molecular formula is C51H72N2O5. The number of phenolic OH excluding ortho intramolecular Hbond substituents is 2. The topological polar surface area (TPSA) is 103 Å². The highest BCUT2D eigenvalue weighted by molar-refractivity contribution is 5.71. The van der Waals surface area contributed by atoms with Gasteiger partial charge in [0.15, 0.2) is 0 Å². The van der Waals surface area contributed by atoms with Crippen LogP contribution in [-0.4, -0.2) is 61.3 Å². The number of phenols is 2. The second-order valence-electron chi connectivity index (χ2n) is 17.5. The number of piperidine rings is 2. The largest absolute Gasteiger partial charge is 0.507 e. The molecule has 7 heteroatoms. The molecule has 3 fully saturated rings. The summed E-state index contributed by atoms with van der Waals surface area (Å²) >= 11 is 0. The van der Waals surface area contributed by atoms with Crippen LogP contribution < -0.4 is 20.1 Å². The number of aliphatic hydroxyl groups excluding tert-OH is 1. The average molecular weight is 793 g/mol. The monoisotopic (exact) mass is 793 g/mol. The van der Waals surface area contributed by atoms with Crippen molar-refractivity contribution in [2.75, 3.05) is 46.0 Å². The van der Waals surface area contributed by atoms with Crippen molar-refractivity contribution in [1.29, 1.82) is 0 Å². The fourth-order valence-corrected chi connectivity index (χ4v) is 8.84. The number of hydrogen-bond acceptors (Lipinski definition) is 7. The Morgan fingerprint density at radius 2 is 0.759 bits per heavy atom. The summed E-state index contributed by atoms with van der Waals surface area (Å²) in [5.74, 6) is 4.68. The normalized spacial score (nSPS) is 18.4. The Kier molecular flexibility index (Phi) is 16.9. The molecule has 0 amide bonds. The molecule has 2 aliphatic heterocycles. The minimum absolute atomic E-state index is 0.353. The number of hydrogen-bond donors (Lipinski definition) is 5. The van der Waals surface area contributed by atoms with Crippen molar-refractivity contribution in [2.45, 2.75) is 113 Å². The number of benzene rings is 4. The molecule has 58 heavy (non-hydrogen) atoms. The third-order valence-corrected chi connectivity index (χ3v) is 12.3. The van der Waals surface area contributed by atoms with Gasteiger partial charge in [-0.15, -0.1) is 0 Å². The minimum Gasteiger partial charge on any atom is -0.507 e. The second-order valence-corrected chi connectivity index (χ2v) is 17.5. The van der Waals surface area contributed by atoms with Gasteiger partial charge in [0, 0.05) is 31.5 Å². The molecule has 2 unspecified atom stereocenters. The average Bonchev–Trinajstić information content (AvgIpc) is 3.22. The van der Waals surface area contributed by atoms with Gasteiger partial charge in [-0.05, 0) is 228 Å². The molecule has 5 N–H and O–H groups in total. The quantitative estimate of drug-likeness (QED) is 0.115. The first-order valence-corrected chi connectivity index (χ1v) is 22.0. The van der Waals surface area contributed by atoms with Gasteiger partial charge in [0.25, 0.3) is 0 Å². The molecule has 7 nitrogen and oxygen atoms in total. The molecule has 2 atom stereocenters. The highest BCUT2D eigenvalue weighted by atomic mass is 16.5. The Balaban J connectivity index is 0.000000205. The highest BCUT2D eigenvalue weighted by Gasteiger charge is 2.18.